The minimum Gasteiger partial charge on any atom is -0.366 e. The van der Waals surface area contributed by atoms with Gasteiger partial charge < -0.3 is 5.73 Å². The number of primary amides is 1. The summed E-state index contributed by atoms with van der Waals surface area (Å²) in [6.07, 6.45) is 4.64. The lowest BCUT2D eigenvalue weighted by atomic mass is 10.1. The summed E-state index contributed by atoms with van der Waals surface area (Å²) in [5.74, 6) is -0.175. The molecule has 0 bridgehead atoms. The van der Waals surface area contributed by atoms with E-state index in [1.165, 1.54) is 33.6 Å². The van der Waals surface area contributed by atoms with Gasteiger partial charge in [0.2, 0.25) is 10.0 Å². The highest BCUT2D eigenvalue weighted by Gasteiger charge is 2.27. The van der Waals surface area contributed by atoms with Crippen LogP contribution in [0, 0.1) is 13.8 Å². The number of hydrogen-bond donors (Lipinski definition) is 1. The highest BCUT2D eigenvalue weighted by Crippen LogP contribution is 2.25. The maximum absolute atomic E-state index is 12.9. The Bertz CT molecular complexity index is 1280. The Morgan fingerprint density at radius 3 is 2.41 bits per heavy atom. The van der Waals surface area contributed by atoms with Crippen LogP contribution in [0.25, 0.3) is 23.2 Å². The molecule has 1 aliphatic heterocycles. The SMILES string of the molecule is Cc1cc(C)cc(-c2ncn(/C=C(/C(N)=O)c3cccc(S(=O)(=O)N4CCCC4)c3)n2)c1. The van der Waals surface area contributed by atoms with Gasteiger partial charge in [-0.2, -0.15) is 4.31 Å². The predicted octanol–water partition coefficient (Wildman–Crippen LogP) is 2.83. The van der Waals surface area contributed by atoms with Crippen LogP contribution in [-0.2, 0) is 14.8 Å². The van der Waals surface area contributed by atoms with Crippen LogP contribution in [0.4, 0.5) is 0 Å². The fourth-order valence-corrected chi connectivity index (χ4v) is 5.45. The molecule has 1 aliphatic rings. The normalized spacial score (nSPS) is 15.2. The van der Waals surface area contributed by atoms with Crippen molar-refractivity contribution in [3.8, 4) is 11.4 Å². The summed E-state index contributed by atoms with van der Waals surface area (Å²) in [5, 5.41) is 4.44. The van der Waals surface area contributed by atoms with Gasteiger partial charge in [-0.15, -0.1) is 5.10 Å². The topological polar surface area (TPSA) is 111 Å². The van der Waals surface area contributed by atoms with Crippen LogP contribution >= 0.6 is 0 Å². The zero-order valence-corrected chi connectivity index (χ0v) is 18.8. The molecule has 1 aromatic heterocycles. The molecule has 1 amide bonds. The summed E-state index contributed by atoms with van der Waals surface area (Å²) < 4.78 is 28.7. The summed E-state index contributed by atoms with van der Waals surface area (Å²) in [4.78, 5) is 16.7. The van der Waals surface area contributed by atoms with Crippen LogP contribution < -0.4 is 5.73 Å². The summed E-state index contributed by atoms with van der Waals surface area (Å²) in [5.41, 5.74) is 9.24. The van der Waals surface area contributed by atoms with Crippen molar-refractivity contribution in [2.75, 3.05) is 13.1 Å². The molecule has 9 heteroatoms. The summed E-state index contributed by atoms with van der Waals surface area (Å²) >= 11 is 0. The summed E-state index contributed by atoms with van der Waals surface area (Å²) in [6, 6.07) is 12.3. The van der Waals surface area contributed by atoms with Gasteiger partial charge in [-0.05, 0) is 56.5 Å². The van der Waals surface area contributed by atoms with E-state index in [1.54, 1.807) is 12.1 Å². The first-order valence-electron chi connectivity index (χ1n) is 10.4. The Morgan fingerprint density at radius 2 is 1.75 bits per heavy atom. The van der Waals surface area contributed by atoms with Gasteiger partial charge in [-0.1, -0.05) is 29.3 Å². The second-order valence-electron chi connectivity index (χ2n) is 7.97. The number of sulfonamides is 1. The van der Waals surface area contributed by atoms with Crippen molar-refractivity contribution in [2.24, 2.45) is 5.73 Å². The van der Waals surface area contributed by atoms with Gasteiger partial charge in [0, 0.05) is 24.9 Å². The number of benzene rings is 2. The lowest BCUT2D eigenvalue weighted by Gasteiger charge is -2.16. The van der Waals surface area contributed by atoms with Crippen LogP contribution in [0.15, 0.2) is 53.7 Å². The fourth-order valence-electron chi connectivity index (χ4n) is 3.89. The Hall–Kier alpha value is -3.30. The van der Waals surface area contributed by atoms with Gasteiger partial charge in [-0.3, -0.25) is 4.79 Å². The summed E-state index contributed by atoms with van der Waals surface area (Å²) in [7, 11) is -3.61. The van der Waals surface area contributed by atoms with E-state index in [2.05, 4.69) is 16.1 Å². The van der Waals surface area contributed by atoms with Crippen LogP contribution in [-0.4, -0.2) is 46.5 Å². The second kappa shape index (κ2) is 8.68. The molecule has 2 N–H and O–H groups in total. The van der Waals surface area contributed by atoms with Gasteiger partial charge in [0.15, 0.2) is 5.82 Å². The van der Waals surface area contributed by atoms with Gasteiger partial charge >= 0.3 is 0 Å². The Labute approximate surface area is 187 Å². The van der Waals surface area contributed by atoms with E-state index in [0.29, 0.717) is 24.5 Å². The Morgan fingerprint density at radius 1 is 1.06 bits per heavy atom. The molecule has 3 aromatic rings. The van der Waals surface area contributed by atoms with E-state index in [4.69, 9.17) is 5.73 Å². The number of aryl methyl sites for hydroxylation is 2. The number of carbonyl (C=O) groups excluding carboxylic acids is 1. The number of rotatable bonds is 6. The molecular weight excluding hydrogens is 426 g/mol. The van der Waals surface area contributed by atoms with Crippen molar-refractivity contribution in [2.45, 2.75) is 31.6 Å². The van der Waals surface area contributed by atoms with Crippen LogP contribution in [0.5, 0.6) is 0 Å². The van der Waals surface area contributed by atoms with Crippen molar-refractivity contribution in [3.05, 3.63) is 65.5 Å². The number of nitrogens with zero attached hydrogens (tertiary/aromatic N) is 4. The number of amides is 1. The van der Waals surface area contributed by atoms with E-state index >= 15 is 0 Å². The highest BCUT2D eigenvalue weighted by molar-refractivity contribution is 7.89. The summed E-state index contributed by atoms with van der Waals surface area (Å²) in [6.45, 7) is 5.01. The molecule has 1 fully saturated rings. The molecule has 0 radical (unpaired) electrons. The van der Waals surface area contributed by atoms with Crippen molar-refractivity contribution >= 4 is 27.7 Å². The molecule has 0 saturated carbocycles. The third kappa shape index (κ3) is 4.49. The molecule has 2 aromatic carbocycles. The Balaban J connectivity index is 1.69. The van der Waals surface area contributed by atoms with E-state index < -0.39 is 15.9 Å². The van der Waals surface area contributed by atoms with Crippen molar-refractivity contribution < 1.29 is 13.2 Å². The minimum absolute atomic E-state index is 0.138. The molecule has 0 spiro atoms. The smallest absolute Gasteiger partial charge is 0.250 e. The lowest BCUT2D eigenvalue weighted by Crippen LogP contribution is -2.28. The quantitative estimate of drug-likeness (QED) is 0.579. The van der Waals surface area contributed by atoms with Gasteiger partial charge in [0.05, 0.1) is 10.5 Å². The van der Waals surface area contributed by atoms with Crippen LogP contribution in [0.2, 0.25) is 0 Å². The van der Waals surface area contributed by atoms with Crippen molar-refractivity contribution in [3.63, 3.8) is 0 Å². The van der Waals surface area contributed by atoms with Crippen molar-refractivity contribution in [1.29, 1.82) is 0 Å². The number of hydrogen-bond acceptors (Lipinski definition) is 5. The fraction of sp³-hybridized carbons (Fsp3) is 0.261. The molecule has 1 saturated heterocycles. The van der Waals surface area contributed by atoms with E-state index in [1.807, 2.05) is 26.0 Å². The first kappa shape index (κ1) is 21.9. The third-order valence-electron chi connectivity index (χ3n) is 5.36. The van der Waals surface area contributed by atoms with E-state index in [9.17, 15) is 13.2 Å². The van der Waals surface area contributed by atoms with E-state index in [-0.39, 0.29) is 10.5 Å². The maximum atomic E-state index is 12.9. The first-order chi connectivity index (χ1) is 15.2. The standard InChI is InChI=1S/C23H25N5O3S/c1-16-10-17(2)12-19(11-16)23-25-15-27(26-23)14-21(22(24)29)18-6-5-7-20(13-18)32(30,31)28-8-3-4-9-28/h5-7,10-15H,3-4,8-9H2,1-2H3,(H2,24,29)/b21-14+. The van der Waals surface area contributed by atoms with Gasteiger partial charge in [-0.25, -0.2) is 18.1 Å². The average Bonchev–Trinajstić information content (AvgIpc) is 3.44. The molecule has 0 unspecified atom stereocenters. The van der Waals surface area contributed by atoms with Gasteiger partial charge in [0.25, 0.3) is 5.91 Å². The Kier molecular flexibility index (Phi) is 5.94. The number of carbonyl (C=O) groups is 1. The molecule has 166 valence electrons. The van der Waals surface area contributed by atoms with Crippen LogP contribution in [0.1, 0.15) is 29.5 Å². The predicted molar refractivity (Wildman–Crippen MR) is 123 cm³/mol. The molecule has 2 heterocycles. The molecule has 8 nitrogen and oxygen atoms in total. The maximum Gasteiger partial charge on any atom is 0.250 e. The molecule has 4 rings (SSSR count). The first-order valence-corrected chi connectivity index (χ1v) is 11.8. The van der Waals surface area contributed by atoms with Gasteiger partial charge in [0.1, 0.15) is 6.33 Å². The zero-order valence-electron chi connectivity index (χ0n) is 18.0. The number of nitrogens with two attached hydrogens (primary N) is 1. The molecule has 0 aliphatic carbocycles. The zero-order chi connectivity index (χ0) is 22.9. The second-order valence-corrected chi connectivity index (χ2v) is 9.91. The third-order valence-corrected chi connectivity index (χ3v) is 7.26. The van der Waals surface area contributed by atoms with E-state index in [0.717, 1.165) is 29.5 Å². The number of aromatic nitrogens is 3. The average molecular weight is 452 g/mol. The molecule has 32 heavy (non-hydrogen) atoms. The van der Waals surface area contributed by atoms with Crippen molar-refractivity contribution in [1.82, 2.24) is 19.1 Å². The molecule has 0 atom stereocenters. The minimum atomic E-state index is -3.61. The van der Waals surface area contributed by atoms with Crippen LogP contribution in [0.3, 0.4) is 0 Å². The monoisotopic (exact) mass is 451 g/mol. The molecular formula is C23H25N5O3S. The lowest BCUT2D eigenvalue weighted by molar-refractivity contribution is -0.112. The highest BCUT2D eigenvalue weighted by atomic mass is 32.2. The largest absolute Gasteiger partial charge is 0.366 e.